The lowest BCUT2D eigenvalue weighted by Crippen LogP contribution is -2.00. The van der Waals surface area contributed by atoms with E-state index < -0.39 is 0 Å². The molecule has 0 unspecified atom stereocenters. The molecule has 1 aromatic carbocycles. The van der Waals surface area contributed by atoms with Gasteiger partial charge in [-0.1, -0.05) is 0 Å². The Balaban J connectivity index is 2.21. The molecule has 1 N–H and O–H groups in total. The van der Waals surface area contributed by atoms with E-state index in [9.17, 15) is 10.1 Å². The van der Waals surface area contributed by atoms with E-state index in [-0.39, 0.29) is 10.6 Å². The number of aryl methyl sites for hydroxylation is 1. The summed E-state index contributed by atoms with van der Waals surface area (Å²) in [5.74, 6) is 0. The fraction of sp³-hybridized carbons (Fsp3) is 0.167. The molecule has 4 nitrogen and oxygen atoms in total. The summed E-state index contributed by atoms with van der Waals surface area (Å²) in [6, 6.07) is 5.32. The van der Waals surface area contributed by atoms with Crippen LogP contribution in [0.15, 0.2) is 30.9 Å². The van der Waals surface area contributed by atoms with Crippen molar-refractivity contribution >= 4 is 70.5 Å². The number of thiophene rings is 1. The summed E-state index contributed by atoms with van der Waals surface area (Å²) in [4.78, 5) is 11.7. The number of rotatable bonds is 4. The Kier molecular flexibility index (Phi) is 5.22. The molecule has 0 bridgehead atoms. The molecule has 1 heterocycles. The maximum absolute atomic E-state index is 11.0. The fourth-order valence-electron chi connectivity index (χ4n) is 1.65. The molecule has 0 radical (unpaired) electrons. The minimum Gasteiger partial charge on any atom is -0.379 e. The minimum absolute atomic E-state index is 0.115. The zero-order valence-corrected chi connectivity index (χ0v) is 15.8. The average molecular weight is 485 g/mol. The highest BCUT2D eigenvalue weighted by atomic mass is 79.9. The second-order valence-electron chi connectivity index (χ2n) is 4.06. The van der Waals surface area contributed by atoms with Crippen molar-refractivity contribution in [1.82, 2.24) is 0 Å². The van der Waals surface area contributed by atoms with Crippen LogP contribution in [0.3, 0.4) is 0 Å². The zero-order valence-electron chi connectivity index (χ0n) is 10.2. The highest BCUT2D eigenvalue weighted by molar-refractivity contribution is 9.13. The van der Waals surface area contributed by atoms with Crippen molar-refractivity contribution in [2.24, 2.45) is 0 Å². The quantitative estimate of drug-likeness (QED) is 0.436. The van der Waals surface area contributed by atoms with Crippen molar-refractivity contribution in [3.63, 3.8) is 0 Å². The van der Waals surface area contributed by atoms with E-state index in [1.165, 1.54) is 0 Å². The summed E-state index contributed by atoms with van der Waals surface area (Å²) >= 11 is 11.9. The molecule has 2 aromatic rings. The Labute approximate surface area is 145 Å². The predicted molar refractivity (Wildman–Crippen MR) is 92.6 cm³/mol. The highest BCUT2D eigenvalue weighted by Gasteiger charge is 2.14. The lowest BCUT2D eigenvalue weighted by atomic mass is 10.2. The topological polar surface area (TPSA) is 55.2 Å². The molecule has 0 aliphatic rings. The molecule has 2 rings (SSSR count). The van der Waals surface area contributed by atoms with Gasteiger partial charge >= 0.3 is 0 Å². The molecule has 0 spiro atoms. The summed E-state index contributed by atoms with van der Waals surface area (Å²) in [6.45, 7) is 2.33. The van der Waals surface area contributed by atoms with Crippen LogP contribution >= 0.6 is 59.1 Å². The molecule has 0 atom stereocenters. The molecule has 8 heteroatoms. The van der Waals surface area contributed by atoms with E-state index in [1.807, 2.05) is 6.07 Å². The monoisotopic (exact) mass is 482 g/mol. The van der Waals surface area contributed by atoms with Gasteiger partial charge in [0.15, 0.2) is 0 Å². The molecule has 20 heavy (non-hydrogen) atoms. The number of nitrogens with zero attached hydrogens (tertiary/aromatic N) is 1. The van der Waals surface area contributed by atoms with Crippen molar-refractivity contribution in [1.29, 1.82) is 0 Å². The van der Waals surface area contributed by atoms with E-state index in [0.717, 1.165) is 17.6 Å². The van der Waals surface area contributed by atoms with Gasteiger partial charge in [0.2, 0.25) is 0 Å². The Morgan fingerprint density at radius 1 is 1.25 bits per heavy atom. The zero-order chi connectivity index (χ0) is 14.9. The van der Waals surface area contributed by atoms with Gasteiger partial charge in [-0.2, -0.15) is 0 Å². The van der Waals surface area contributed by atoms with E-state index >= 15 is 0 Å². The second-order valence-corrected chi connectivity index (χ2v) is 8.23. The van der Waals surface area contributed by atoms with Crippen molar-refractivity contribution < 1.29 is 4.92 Å². The van der Waals surface area contributed by atoms with Gasteiger partial charge in [0.25, 0.3) is 5.69 Å². The summed E-state index contributed by atoms with van der Waals surface area (Å²) < 4.78 is 2.85. The maximum Gasteiger partial charge on any atom is 0.274 e. The Hall–Kier alpha value is -0.440. The largest absolute Gasteiger partial charge is 0.379 e. The number of nitro groups is 1. The first-order chi connectivity index (χ1) is 9.38. The van der Waals surface area contributed by atoms with Crippen LogP contribution in [-0.4, -0.2) is 4.92 Å². The molecule has 106 valence electrons. The Morgan fingerprint density at radius 3 is 2.50 bits per heavy atom. The van der Waals surface area contributed by atoms with E-state index in [1.54, 1.807) is 30.4 Å². The summed E-state index contributed by atoms with van der Waals surface area (Å²) in [7, 11) is 0. The third kappa shape index (κ3) is 3.60. The maximum atomic E-state index is 11.0. The highest BCUT2D eigenvalue weighted by Crippen LogP contribution is 2.34. The second kappa shape index (κ2) is 6.55. The van der Waals surface area contributed by atoms with Crippen molar-refractivity contribution in [3.8, 4) is 0 Å². The molecule has 0 amide bonds. The number of hydrogen-bond acceptors (Lipinski definition) is 4. The van der Waals surface area contributed by atoms with Gasteiger partial charge in [-0.15, -0.1) is 11.3 Å². The van der Waals surface area contributed by atoms with Crippen molar-refractivity contribution in [3.05, 3.63) is 51.5 Å². The van der Waals surface area contributed by atoms with Gasteiger partial charge in [0, 0.05) is 32.0 Å². The molecular formula is C12H9Br3N2O2S. The lowest BCUT2D eigenvalue weighted by Gasteiger charge is -2.08. The number of nitro benzene ring substituents is 1. The number of hydrogen-bond donors (Lipinski definition) is 1. The first-order valence-electron chi connectivity index (χ1n) is 5.50. The number of halogens is 3. The summed E-state index contributed by atoms with van der Waals surface area (Å²) in [5.41, 5.74) is 1.46. The minimum atomic E-state index is -0.370. The first-order valence-corrected chi connectivity index (χ1v) is 8.70. The van der Waals surface area contributed by atoms with Gasteiger partial charge in [-0.05, 0) is 66.8 Å². The average Bonchev–Trinajstić information content (AvgIpc) is 2.67. The molecular weight excluding hydrogens is 476 g/mol. The van der Waals surface area contributed by atoms with Crippen molar-refractivity contribution in [2.45, 2.75) is 13.5 Å². The third-order valence-corrected chi connectivity index (χ3v) is 6.54. The van der Waals surface area contributed by atoms with E-state index in [2.05, 4.69) is 53.1 Å². The van der Waals surface area contributed by atoms with Gasteiger partial charge in [0.1, 0.15) is 0 Å². The Morgan fingerprint density at radius 2 is 1.95 bits per heavy atom. The molecule has 0 fully saturated rings. The van der Waals surface area contributed by atoms with Crippen LogP contribution in [0.1, 0.15) is 10.4 Å². The van der Waals surface area contributed by atoms with Crippen LogP contribution in [-0.2, 0) is 6.54 Å². The van der Waals surface area contributed by atoms with Crippen LogP contribution in [0.4, 0.5) is 11.4 Å². The smallest absolute Gasteiger partial charge is 0.274 e. The number of nitrogens with one attached hydrogen (secondary N) is 1. The molecule has 0 aliphatic heterocycles. The SMILES string of the molecule is Cc1cc(Br)c(NCc2cc(Br)c(Br)s2)cc1[N+](=O)[O-]. The first kappa shape index (κ1) is 15.9. The number of anilines is 1. The van der Waals surface area contributed by atoms with Crippen LogP contribution in [0.25, 0.3) is 0 Å². The van der Waals surface area contributed by atoms with Crippen LogP contribution in [0, 0.1) is 17.0 Å². The fourth-order valence-corrected chi connectivity index (χ4v) is 4.37. The normalized spacial score (nSPS) is 10.6. The van der Waals surface area contributed by atoms with Gasteiger partial charge in [-0.3, -0.25) is 10.1 Å². The molecule has 0 saturated heterocycles. The van der Waals surface area contributed by atoms with Gasteiger partial charge in [-0.25, -0.2) is 0 Å². The van der Waals surface area contributed by atoms with E-state index in [4.69, 9.17) is 0 Å². The van der Waals surface area contributed by atoms with Crippen LogP contribution < -0.4 is 5.32 Å². The molecule has 0 saturated carbocycles. The standard InChI is InChI=1S/C12H9Br3N2O2S/c1-6-2-8(13)10(4-11(6)17(18)19)16-5-7-3-9(14)12(15)20-7/h2-4,16H,5H2,1H3. The van der Waals surface area contributed by atoms with Gasteiger partial charge in [0.05, 0.1) is 14.4 Å². The van der Waals surface area contributed by atoms with Crippen LogP contribution in [0.2, 0.25) is 0 Å². The predicted octanol–water partition coefficient (Wildman–Crippen LogP) is 5.86. The van der Waals surface area contributed by atoms with Crippen LogP contribution in [0.5, 0.6) is 0 Å². The molecule has 0 aliphatic carbocycles. The summed E-state index contributed by atoms with van der Waals surface area (Å²) in [6.07, 6.45) is 0. The Bertz CT molecular complexity index is 653. The number of benzene rings is 1. The molecule has 1 aromatic heterocycles. The van der Waals surface area contributed by atoms with Crippen molar-refractivity contribution in [2.75, 3.05) is 5.32 Å². The van der Waals surface area contributed by atoms with E-state index in [0.29, 0.717) is 17.8 Å². The third-order valence-electron chi connectivity index (χ3n) is 2.63. The lowest BCUT2D eigenvalue weighted by molar-refractivity contribution is -0.385. The van der Waals surface area contributed by atoms with Gasteiger partial charge < -0.3 is 5.32 Å². The summed E-state index contributed by atoms with van der Waals surface area (Å²) in [5, 5.41) is 14.2.